The van der Waals surface area contributed by atoms with Crippen LogP contribution in [0, 0.1) is 17.8 Å². The molecule has 0 bridgehead atoms. The number of carboxylic acids is 2. The molecule has 160 valence electrons. The highest BCUT2D eigenvalue weighted by Crippen LogP contribution is 2.39. The van der Waals surface area contributed by atoms with Crippen molar-refractivity contribution in [2.75, 3.05) is 25.4 Å². The van der Waals surface area contributed by atoms with E-state index in [0.717, 1.165) is 25.8 Å². The first-order valence-electron chi connectivity index (χ1n) is 10.1. The molecule has 6 atom stereocenters. The van der Waals surface area contributed by atoms with Crippen LogP contribution in [0.1, 0.15) is 39.0 Å². The molecule has 1 aliphatic carbocycles. The molecule has 2 heterocycles. The third kappa shape index (κ3) is 5.03. The predicted molar refractivity (Wildman–Crippen MR) is 102 cm³/mol. The summed E-state index contributed by atoms with van der Waals surface area (Å²) >= 11 is 0. The van der Waals surface area contributed by atoms with Crippen LogP contribution >= 0.6 is 0 Å². The predicted octanol–water partition coefficient (Wildman–Crippen LogP) is -0.0678. The summed E-state index contributed by atoms with van der Waals surface area (Å²) < 4.78 is 26.3. The molecule has 4 N–H and O–H groups in total. The fourth-order valence-corrected chi connectivity index (χ4v) is 5.98. The van der Waals surface area contributed by atoms with Gasteiger partial charge >= 0.3 is 11.9 Å². The van der Waals surface area contributed by atoms with Crippen LogP contribution in [-0.4, -0.2) is 79.0 Å². The maximum absolute atomic E-state index is 11.8. The quantitative estimate of drug-likeness (QED) is 0.452. The molecular weight excluding hydrogens is 386 g/mol. The number of sulfonamides is 1. The van der Waals surface area contributed by atoms with Gasteiger partial charge in [0, 0.05) is 19.1 Å². The minimum atomic E-state index is -3.37. The lowest BCUT2D eigenvalue weighted by Gasteiger charge is -2.42. The van der Waals surface area contributed by atoms with Gasteiger partial charge in [0.05, 0.1) is 5.75 Å². The van der Waals surface area contributed by atoms with Crippen LogP contribution in [0.4, 0.5) is 0 Å². The van der Waals surface area contributed by atoms with E-state index < -0.39 is 34.0 Å². The molecule has 2 saturated heterocycles. The van der Waals surface area contributed by atoms with Crippen molar-refractivity contribution < 1.29 is 28.2 Å². The average molecular weight is 418 g/mol. The highest BCUT2D eigenvalue weighted by molar-refractivity contribution is 7.89. The van der Waals surface area contributed by atoms with E-state index in [4.69, 9.17) is 0 Å². The van der Waals surface area contributed by atoms with Gasteiger partial charge in [0.15, 0.2) is 0 Å². The molecule has 10 heteroatoms. The number of carboxylic acid groups (broad SMARTS) is 2. The second kappa shape index (κ2) is 8.64. The number of piperidine rings is 1. The molecule has 0 amide bonds. The van der Waals surface area contributed by atoms with Crippen molar-refractivity contribution in [1.29, 1.82) is 0 Å². The second-order valence-corrected chi connectivity index (χ2v) is 10.5. The highest BCUT2D eigenvalue weighted by Gasteiger charge is 2.42. The van der Waals surface area contributed by atoms with Gasteiger partial charge in [0.2, 0.25) is 10.0 Å². The molecule has 0 aromatic rings. The van der Waals surface area contributed by atoms with Crippen LogP contribution in [0.15, 0.2) is 0 Å². The van der Waals surface area contributed by atoms with Crippen molar-refractivity contribution in [1.82, 2.24) is 14.9 Å². The molecule has 1 saturated carbocycles. The van der Waals surface area contributed by atoms with Crippen LogP contribution < -0.4 is 10.0 Å². The number of hydrogen-bond donors (Lipinski definition) is 4. The Morgan fingerprint density at radius 2 is 1.86 bits per heavy atom. The highest BCUT2D eigenvalue weighted by atomic mass is 32.2. The van der Waals surface area contributed by atoms with Crippen molar-refractivity contribution in [3.8, 4) is 0 Å². The van der Waals surface area contributed by atoms with Crippen molar-refractivity contribution in [2.45, 2.75) is 57.2 Å². The zero-order valence-corrected chi connectivity index (χ0v) is 17.0. The van der Waals surface area contributed by atoms with E-state index in [2.05, 4.69) is 10.0 Å². The van der Waals surface area contributed by atoms with Crippen molar-refractivity contribution in [2.24, 2.45) is 17.8 Å². The Hall–Kier alpha value is -1.23. The first kappa shape index (κ1) is 21.5. The Kier molecular flexibility index (Phi) is 6.63. The normalized spacial score (nSPS) is 36.8. The fourth-order valence-electron chi connectivity index (χ4n) is 5.13. The van der Waals surface area contributed by atoms with Crippen molar-refractivity contribution in [3.05, 3.63) is 0 Å². The van der Waals surface area contributed by atoms with Gasteiger partial charge in [-0.05, 0) is 63.3 Å². The second-order valence-electron chi connectivity index (χ2n) is 8.50. The van der Waals surface area contributed by atoms with E-state index in [0.29, 0.717) is 37.3 Å². The lowest BCUT2D eigenvalue weighted by molar-refractivity contribution is -0.143. The van der Waals surface area contributed by atoms with Gasteiger partial charge in [-0.3, -0.25) is 14.5 Å². The zero-order valence-electron chi connectivity index (χ0n) is 16.2. The number of likely N-dealkylation sites (tertiary alicyclic amines) is 1. The molecule has 0 radical (unpaired) electrons. The van der Waals surface area contributed by atoms with Crippen molar-refractivity contribution >= 4 is 22.0 Å². The summed E-state index contributed by atoms with van der Waals surface area (Å²) in [5, 5.41) is 22.0. The fraction of sp³-hybridized carbons (Fsp3) is 0.889. The molecule has 3 fully saturated rings. The summed E-state index contributed by atoms with van der Waals surface area (Å²) in [6.45, 7) is 3.32. The molecule has 0 aromatic heterocycles. The summed E-state index contributed by atoms with van der Waals surface area (Å²) in [7, 11) is -3.37. The van der Waals surface area contributed by atoms with Gasteiger partial charge in [-0.1, -0.05) is 0 Å². The van der Waals surface area contributed by atoms with Crippen molar-refractivity contribution in [3.63, 3.8) is 0 Å². The third-order valence-electron chi connectivity index (χ3n) is 6.62. The summed E-state index contributed by atoms with van der Waals surface area (Å²) in [6.07, 6.45) is 3.82. The Morgan fingerprint density at radius 3 is 2.50 bits per heavy atom. The SMILES string of the molecule is CCS(=O)(=O)N[C@H]1C[C@@H](C(=O)O)N(C[C@H]2CC[C@H]3CN[C@H](C(=O)O)C[C@H]3C2)C1. The third-order valence-corrected chi connectivity index (χ3v) is 8.07. The van der Waals surface area contributed by atoms with E-state index >= 15 is 0 Å². The summed E-state index contributed by atoms with van der Waals surface area (Å²) in [6, 6.07) is -1.55. The molecule has 3 rings (SSSR count). The number of rotatable bonds is 7. The van der Waals surface area contributed by atoms with Gasteiger partial charge < -0.3 is 15.5 Å². The number of aliphatic carboxylic acids is 2. The van der Waals surface area contributed by atoms with Gasteiger partial charge in [-0.15, -0.1) is 0 Å². The molecule has 2 aliphatic heterocycles. The number of carbonyl (C=O) groups is 2. The largest absolute Gasteiger partial charge is 0.480 e. The topological polar surface area (TPSA) is 136 Å². The van der Waals surface area contributed by atoms with Gasteiger partial charge in [-0.2, -0.15) is 0 Å². The first-order valence-corrected chi connectivity index (χ1v) is 11.8. The average Bonchev–Trinajstić information content (AvgIpc) is 3.02. The van der Waals surface area contributed by atoms with Crippen LogP contribution in [-0.2, 0) is 19.6 Å². The maximum Gasteiger partial charge on any atom is 0.320 e. The summed E-state index contributed by atoms with van der Waals surface area (Å²) in [5.41, 5.74) is 0. The number of fused-ring (bicyclic) bond motifs is 1. The smallest absolute Gasteiger partial charge is 0.320 e. The molecule has 0 spiro atoms. The monoisotopic (exact) mass is 417 g/mol. The minimum absolute atomic E-state index is 0.0221. The van der Waals surface area contributed by atoms with Gasteiger partial charge in [0.1, 0.15) is 12.1 Å². The molecule has 0 unspecified atom stereocenters. The maximum atomic E-state index is 11.8. The van der Waals surface area contributed by atoms with E-state index in [1.165, 1.54) is 0 Å². The summed E-state index contributed by atoms with van der Waals surface area (Å²) in [4.78, 5) is 24.9. The van der Waals surface area contributed by atoms with Gasteiger partial charge in [0.25, 0.3) is 0 Å². The Balaban J connectivity index is 1.60. The Morgan fingerprint density at radius 1 is 1.11 bits per heavy atom. The van der Waals surface area contributed by atoms with Crippen LogP contribution in [0.5, 0.6) is 0 Å². The standard InChI is InChI=1S/C18H31N3O6S/c1-2-28(26,27)20-14-7-16(18(24)25)21(10-14)9-11-3-4-12-8-19-15(17(22)23)6-13(12)5-11/h11-16,19-20H,2-10H2,1H3,(H,22,23)(H,24,25)/t11-,12-,13+,14-,15-,16-/m0/s1. The molecular formula is C18H31N3O6S. The number of nitrogens with zero attached hydrogens (tertiary/aromatic N) is 1. The van der Waals surface area contributed by atoms with Gasteiger partial charge in [-0.25, -0.2) is 13.1 Å². The van der Waals surface area contributed by atoms with E-state index in [1.54, 1.807) is 6.92 Å². The van der Waals surface area contributed by atoms with E-state index in [9.17, 15) is 28.2 Å². The van der Waals surface area contributed by atoms with E-state index in [1.807, 2.05) is 4.90 Å². The number of hydrogen-bond acceptors (Lipinski definition) is 6. The van der Waals surface area contributed by atoms with Crippen LogP contribution in [0.3, 0.4) is 0 Å². The van der Waals surface area contributed by atoms with E-state index in [-0.39, 0.29) is 18.2 Å². The lowest BCUT2D eigenvalue weighted by atomic mass is 9.69. The van der Waals surface area contributed by atoms with Crippen LogP contribution in [0.2, 0.25) is 0 Å². The zero-order chi connectivity index (χ0) is 20.5. The minimum Gasteiger partial charge on any atom is -0.480 e. The lowest BCUT2D eigenvalue weighted by Crippen LogP contribution is -2.50. The number of nitrogens with one attached hydrogen (secondary N) is 2. The first-order chi connectivity index (χ1) is 13.2. The molecule has 9 nitrogen and oxygen atoms in total. The molecule has 3 aliphatic rings. The Labute approximate surface area is 165 Å². The molecule has 0 aromatic carbocycles. The van der Waals surface area contributed by atoms with Crippen LogP contribution in [0.25, 0.3) is 0 Å². The Bertz CT molecular complexity index is 699. The molecule has 28 heavy (non-hydrogen) atoms. The summed E-state index contributed by atoms with van der Waals surface area (Å²) in [5.74, 6) is -0.591.